The summed E-state index contributed by atoms with van der Waals surface area (Å²) in [5.74, 6) is 0.730. The van der Waals surface area contributed by atoms with Crippen LogP contribution in [-0.4, -0.2) is 39.1 Å². The van der Waals surface area contributed by atoms with Crippen molar-refractivity contribution in [2.45, 2.75) is 17.1 Å². The number of nitrogens with one attached hydrogen (secondary N) is 1. The van der Waals surface area contributed by atoms with Crippen molar-refractivity contribution in [3.05, 3.63) is 84.7 Å². The lowest BCUT2D eigenvalue weighted by atomic mass is 10.2. The van der Waals surface area contributed by atoms with Crippen molar-refractivity contribution >= 4 is 15.7 Å². The summed E-state index contributed by atoms with van der Waals surface area (Å²) in [5, 5.41) is 1.66. The SMILES string of the molecule is CCOc1ccc(S(=O)(=O)C(CNC(=O)COc2ccccc2)c2cccnc2)cc1. The summed E-state index contributed by atoms with van der Waals surface area (Å²) in [6.07, 6.45) is 3.06. The molecule has 0 fully saturated rings. The third-order valence-corrected chi connectivity index (χ3v) is 6.61. The van der Waals surface area contributed by atoms with Gasteiger partial charge in [0.2, 0.25) is 0 Å². The predicted molar refractivity (Wildman–Crippen MR) is 117 cm³/mol. The van der Waals surface area contributed by atoms with E-state index in [0.717, 1.165) is 0 Å². The van der Waals surface area contributed by atoms with Crippen LogP contribution in [0.2, 0.25) is 0 Å². The molecule has 1 amide bonds. The highest BCUT2D eigenvalue weighted by atomic mass is 32.2. The van der Waals surface area contributed by atoms with Gasteiger partial charge in [-0.1, -0.05) is 24.3 Å². The Morgan fingerprint density at radius 3 is 2.32 bits per heavy atom. The fourth-order valence-electron chi connectivity index (χ4n) is 2.95. The number of amides is 1. The van der Waals surface area contributed by atoms with E-state index in [-0.39, 0.29) is 18.0 Å². The molecule has 0 saturated heterocycles. The summed E-state index contributed by atoms with van der Waals surface area (Å²) in [7, 11) is -3.80. The van der Waals surface area contributed by atoms with Gasteiger partial charge in [0.25, 0.3) is 5.91 Å². The number of ether oxygens (including phenoxy) is 2. The molecule has 162 valence electrons. The predicted octanol–water partition coefficient (Wildman–Crippen LogP) is 3.19. The van der Waals surface area contributed by atoms with Gasteiger partial charge in [-0.3, -0.25) is 9.78 Å². The summed E-state index contributed by atoms with van der Waals surface area (Å²) in [4.78, 5) is 16.4. The fraction of sp³-hybridized carbons (Fsp3) is 0.217. The van der Waals surface area contributed by atoms with Gasteiger partial charge in [-0.15, -0.1) is 0 Å². The van der Waals surface area contributed by atoms with E-state index in [1.165, 1.54) is 18.3 Å². The molecule has 1 aromatic heterocycles. The molecule has 0 aliphatic heterocycles. The lowest BCUT2D eigenvalue weighted by Gasteiger charge is -2.19. The van der Waals surface area contributed by atoms with Crippen LogP contribution in [-0.2, 0) is 14.6 Å². The van der Waals surface area contributed by atoms with Gasteiger partial charge in [0, 0.05) is 18.9 Å². The third-order valence-electron chi connectivity index (χ3n) is 4.49. The Balaban J connectivity index is 1.74. The first-order chi connectivity index (χ1) is 15.0. The summed E-state index contributed by atoms with van der Waals surface area (Å²) < 4.78 is 37.5. The van der Waals surface area contributed by atoms with Crippen LogP contribution >= 0.6 is 0 Å². The Morgan fingerprint density at radius 1 is 0.968 bits per heavy atom. The smallest absolute Gasteiger partial charge is 0.257 e. The van der Waals surface area contributed by atoms with E-state index in [1.807, 2.05) is 13.0 Å². The summed E-state index contributed by atoms with van der Waals surface area (Å²) in [6, 6.07) is 18.5. The molecule has 0 aliphatic carbocycles. The summed E-state index contributed by atoms with van der Waals surface area (Å²) in [6.45, 7) is 2.01. The van der Waals surface area contributed by atoms with Gasteiger partial charge in [-0.25, -0.2) is 8.42 Å². The van der Waals surface area contributed by atoms with Gasteiger partial charge < -0.3 is 14.8 Å². The molecule has 7 nitrogen and oxygen atoms in total. The van der Waals surface area contributed by atoms with Crippen molar-refractivity contribution in [2.75, 3.05) is 19.8 Å². The maximum Gasteiger partial charge on any atom is 0.257 e. The molecule has 0 saturated carbocycles. The molecule has 0 aliphatic rings. The largest absolute Gasteiger partial charge is 0.494 e. The average Bonchev–Trinajstić information content (AvgIpc) is 2.80. The van der Waals surface area contributed by atoms with E-state index in [9.17, 15) is 13.2 Å². The first-order valence-electron chi connectivity index (χ1n) is 9.82. The molecule has 0 spiro atoms. The number of nitrogens with zero attached hydrogens (tertiary/aromatic N) is 1. The maximum atomic E-state index is 13.3. The zero-order chi connectivity index (χ0) is 22.1. The summed E-state index contributed by atoms with van der Waals surface area (Å²) >= 11 is 0. The van der Waals surface area contributed by atoms with Crippen LogP contribution in [0.3, 0.4) is 0 Å². The second kappa shape index (κ2) is 10.6. The first-order valence-corrected chi connectivity index (χ1v) is 11.4. The Labute approximate surface area is 182 Å². The second-order valence-corrected chi connectivity index (χ2v) is 8.76. The number of aromatic nitrogens is 1. The Morgan fingerprint density at radius 2 is 1.68 bits per heavy atom. The van der Waals surface area contributed by atoms with Crippen LogP contribution in [0.25, 0.3) is 0 Å². The highest BCUT2D eigenvalue weighted by Gasteiger charge is 2.30. The molecule has 0 bridgehead atoms. The molecular formula is C23H24N2O5S. The number of rotatable bonds is 10. The maximum absolute atomic E-state index is 13.3. The highest BCUT2D eigenvalue weighted by molar-refractivity contribution is 7.91. The average molecular weight is 441 g/mol. The molecule has 3 rings (SSSR count). The lowest BCUT2D eigenvalue weighted by Crippen LogP contribution is -2.35. The molecule has 1 unspecified atom stereocenters. The van der Waals surface area contributed by atoms with E-state index in [4.69, 9.17) is 9.47 Å². The second-order valence-electron chi connectivity index (χ2n) is 6.63. The molecule has 1 heterocycles. The molecule has 2 aromatic carbocycles. The number of carbonyl (C=O) groups is 1. The summed E-state index contributed by atoms with van der Waals surface area (Å²) in [5.41, 5.74) is 0.487. The molecular weight excluding hydrogens is 416 g/mol. The molecule has 3 aromatic rings. The molecule has 1 atom stereocenters. The third kappa shape index (κ3) is 6.05. The fourth-order valence-corrected chi connectivity index (χ4v) is 4.60. The van der Waals surface area contributed by atoms with Gasteiger partial charge in [0.05, 0.1) is 11.5 Å². The number of para-hydroxylation sites is 1. The molecule has 1 N–H and O–H groups in total. The monoisotopic (exact) mass is 440 g/mol. The Kier molecular flexibility index (Phi) is 7.61. The minimum Gasteiger partial charge on any atom is -0.494 e. The Bertz CT molecular complexity index is 1070. The van der Waals surface area contributed by atoms with Crippen molar-refractivity contribution in [1.82, 2.24) is 10.3 Å². The van der Waals surface area contributed by atoms with Crippen LogP contribution in [0.5, 0.6) is 11.5 Å². The zero-order valence-corrected chi connectivity index (χ0v) is 17.9. The topological polar surface area (TPSA) is 94.6 Å². The number of carbonyl (C=O) groups excluding carboxylic acids is 1. The van der Waals surface area contributed by atoms with Crippen molar-refractivity contribution in [3.63, 3.8) is 0 Å². The quantitative estimate of drug-likeness (QED) is 0.520. The van der Waals surface area contributed by atoms with Crippen molar-refractivity contribution in [1.29, 1.82) is 0 Å². The zero-order valence-electron chi connectivity index (χ0n) is 17.1. The molecule has 31 heavy (non-hydrogen) atoms. The van der Waals surface area contributed by atoms with Gasteiger partial charge in [0.15, 0.2) is 16.4 Å². The number of hydrogen-bond donors (Lipinski definition) is 1. The van der Waals surface area contributed by atoms with E-state index < -0.39 is 21.0 Å². The molecule has 8 heteroatoms. The van der Waals surface area contributed by atoms with Crippen LogP contribution in [0.15, 0.2) is 84.0 Å². The number of benzene rings is 2. The number of hydrogen-bond acceptors (Lipinski definition) is 6. The normalized spacial score (nSPS) is 12.0. The van der Waals surface area contributed by atoms with Gasteiger partial charge in [-0.05, 0) is 55.0 Å². The van der Waals surface area contributed by atoms with Crippen LogP contribution in [0, 0.1) is 0 Å². The Hall–Kier alpha value is -3.39. The number of sulfone groups is 1. The standard InChI is InChI=1S/C23H24N2O5S/c1-2-29-20-10-12-21(13-11-20)31(27,28)22(18-7-6-14-24-15-18)16-25-23(26)17-30-19-8-4-3-5-9-19/h3-15,22H,2,16-17H2,1H3,(H,25,26). The first kappa shape index (κ1) is 22.3. The highest BCUT2D eigenvalue weighted by Crippen LogP contribution is 2.29. The van der Waals surface area contributed by atoms with Crippen molar-refractivity contribution in [3.8, 4) is 11.5 Å². The van der Waals surface area contributed by atoms with Crippen molar-refractivity contribution in [2.24, 2.45) is 0 Å². The number of pyridine rings is 1. The van der Waals surface area contributed by atoms with Crippen LogP contribution in [0.1, 0.15) is 17.7 Å². The van der Waals surface area contributed by atoms with Gasteiger partial charge in [0.1, 0.15) is 16.7 Å². The minimum absolute atomic E-state index is 0.113. The van der Waals surface area contributed by atoms with E-state index in [0.29, 0.717) is 23.7 Å². The van der Waals surface area contributed by atoms with Gasteiger partial charge >= 0.3 is 0 Å². The van der Waals surface area contributed by atoms with E-state index >= 15 is 0 Å². The minimum atomic E-state index is -3.80. The van der Waals surface area contributed by atoms with Crippen LogP contribution < -0.4 is 14.8 Å². The van der Waals surface area contributed by atoms with Crippen molar-refractivity contribution < 1.29 is 22.7 Å². The lowest BCUT2D eigenvalue weighted by molar-refractivity contribution is -0.123. The van der Waals surface area contributed by atoms with Gasteiger partial charge in [-0.2, -0.15) is 0 Å². The van der Waals surface area contributed by atoms with E-state index in [2.05, 4.69) is 10.3 Å². The van der Waals surface area contributed by atoms with Crippen LogP contribution in [0.4, 0.5) is 0 Å². The molecule has 0 radical (unpaired) electrons. The van der Waals surface area contributed by atoms with E-state index in [1.54, 1.807) is 54.7 Å².